The van der Waals surface area contributed by atoms with E-state index in [9.17, 15) is 0 Å². The van der Waals surface area contributed by atoms with Crippen molar-refractivity contribution in [2.24, 2.45) is 5.73 Å². The lowest BCUT2D eigenvalue weighted by atomic mass is 10.1. The van der Waals surface area contributed by atoms with Crippen molar-refractivity contribution in [2.75, 3.05) is 18.8 Å². The number of hydrogen-bond donors (Lipinski definition) is 1. The Bertz CT molecular complexity index is 410. The van der Waals surface area contributed by atoms with Crippen LogP contribution in [0.2, 0.25) is 0 Å². The molecule has 2 N–H and O–H groups in total. The highest BCUT2D eigenvalue weighted by atomic mass is 32.2. The molecule has 0 aromatic carbocycles. The summed E-state index contributed by atoms with van der Waals surface area (Å²) in [6.07, 6.45) is 0. The number of rotatable bonds is 3. The van der Waals surface area contributed by atoms with Crippen LogP contribution in [0.5, 0.6) is 0 Å². The first-order valence-corrected chi connectivity index (χ1v) is 7.23. The Morgan fingerprint density at radius 2 is 2.22 bits per heavy atom. The Morgan fingerprint density at radius 3 is 2.78 bits per heavy atom. The third-order valence-corrected chi connectivity index (χ3v) is 4.21. The zero-order chi connectivity index (χ0) is 13.4. The van der Waals surface area contributed by atoms with Crippen LogP contribution in [0.1, 0.15) is 39.4 Å². The van der Waals surface area contributed by atoms with Crippen LogP contribution >= 0.6 is 11.8 Å². The van der Waals surface area contributed by atoms with Gasteiger partial charge >= 0.3 is 0 Å². The van der Waals surface area contributed by atoms with Gasteiger partial charge in [-0.3, -0.25) is 4.90 Å². The molecular weight excluding hydrogens is 248 g/mol. The number of aromatic nitrogens is 2. The van der Waals surface area contributed by atoms with Gasteiger partial charge in [0, 0.05) is 23.6 Å². The summed E-state index contributed by atoms with van der Waals surface area (Å²) in [7, 11) is 0. The summed E-state index contributed by atoms with van der Waals surface area (Å²) in [6.45, 7) is 11.1. The van der Waals surface area contributed by atoms with Crippen molar-refractivity contribution in [1.29, 1.82) is 0 Å². The van der Waals surface area contributed by atoms with Crippen LogP contribution in [0.3, 0.4) is 0 Å². The third-order valence-electron chi connectivity index (χ3n) is 2.91. The van der Waals surface area contributed by atoms with Crippen LogP contribution in [0.15, 0.2) is 4.52 Å². The minimum Gasteiger partial charge on any atom is -0.338 e. The predicted octanol–water partition coefficient (Wildman–Crippen LogP) is 1.59. The fourth-order valence-electron chi connectivity index (χ4n) is 2.02. The number of hydrogen-bond acceptors (Lipinski definition) is 6. The molecule has 0 unspecified atom stereocenters. The lowest BCUT2D eigenvalue weighted by Gasteiger charge is -2.36. The first-order chi connectivity index (χ1) is 8.26. The van der Waals surface area contributed by atoms with Crippen LogP contribution in [0, 0.1) is 0 Å². The average Bonchev–Trinajstić information content (AvgIpc) is 2.63. The summed E-state index contributed by atoms with van der Waals surface area (Å²) in [4.78, 5) is 6.73. The molecule has 0 radical (unpaired) electrons. The topological polar surface area (TPSA) is 68.2 Å². The van der Waals surface area contributed by atoms with Crippen molar-refractivity contribution in [2.45, 2.75) is 44.5 Å². The minimum atomic E-state index is -0.543. The minimum absolute atomic E-state index is 0.300. The second-order valence-electron chi connectivity index (χ2n) is 6.05. The molecule has 1 aromatic rings. The second kappa shape index (κ2) is 4.83. The standard InChI is InChI=1S/C12H22N4OS/c1-11(2)8-16(5-6-18-11)7-9-14-10(15-17-9)12(3,4)13/h5-8,13H2,1-4H3. The molecule has 18 heavy (non-hydrogen) atoms. The maximum Gasteiger partial charge on any atom is 0.240 e. The molecule has 0 spiro atoms. The van der Waals surface area contributed by atoms with E-state index in [1.807, 2.05) is 25.6 Å². The van der Waals surface area contributed by atoms with E-state index in [1.54, 1.807) is 0 Å². The fourth-order valence-corrected chi connectivity index (χ4v) is 3.20. The number of nitrogens with two attached hydrogens (primary N) is 1. The summed E-state index contributed by atoms with van der Waals surface area (Å²) in [5.41, 5.74) is 5.40. The highest BCUT2D eigenvalue weighted by molar-refractivity contribution is 8.00. The summed E-state index contributed by atoms with van der Waals surface area (Å²) < 4.78 is 5.57. The zero-order valence-corrected chi connectivity index (χ0v) is 12.4. The van der Waals surface area contributed by atoms with Gasteiger partial charge in [-0.05, 0) is 27.7 Å². The lowest BCUT2D eigenvalue weighted by molar-refractivity contribution is 0.217. The normalized spacial score (nSPS) is 21.2. The molecule has 5 nitrogen and oxygen atoms in total. The van der Waals surface area contributed by atoms with Crippen LogP contribution in [0.4, 0.5) is 0 Å². The van der Waals surface area contributed by atoms with E-state index >= 15 is 0 Å². The van der Waals surface area contributed by atoms with Gasteiger partial charge in [0.25, 0.3) is 0 Å². The largest absolute Gasteiger partial charge is 0.338 e. The molecule has 0 bridgehead atoms. The first-order valence-electron chi connectivity index (χ1n) is 6.24. The molecule has 6 heteroatoms. The van der Waals surface area contributed by atoms with E-state index in [0.717, 1.165) is 18.8 Å². The molecule has 1 aliphatic rings. The van der Waals surface area contributed by atoms with Gasteiger partial charge in [-0.2, -0.15) is 16.7 Å². The molecule has 1 aromatic heterocycles. The molecule has 1 aliphatic heterocycles. The highest BCUT2D eigenvalue weighted by Crippen LogP contribution is 2.30. The van der Waals surface area contributed by atoms with Crippen molar-refractivity contribution >= 4 is 11.8 Å². The first kappa shape index (κ1) is 13.8. The fraction of sp³-hybridized carbons (Fsp3) is 0.833. The average molecular weight is 270 g/mol. The van der Waals surface area contributed by atoms with E-state index in [1.165, 1.54) is 0 Å². The quantitative estimate of drug-likeness (QED) is 0.899. The number of thioether (sulfide) groups is 1. The summed E-state index contributed by atoms with van der Waals surface area (Å²) in [5.74, 6) is 2.38. The summed E-state index contributed by atoms with van der Waals surface area (Å²) in [6, 6.07) is 0. The lowest BCUT2D eigenvalue weighted by Crippen LogP contribution is -2.42. The van der Waals surface area contributed by atoms with Crippen molar-refractivity contribution in [3.05, 3.63) is 11.7 Å². The Kier molecular flexibility index (Phi) is 3.71. The van der Waals surface area contributed by atoms with Gasteiger partial charge in [0.1, 0.15) is 0 Å². The van der Waals surface area contributed by atoms with Crippen molar-refractivity contribution < 1.29 is 4.52 Å². The van der Waals surface area contributed by atoms with Crippen LogP contribution < -0.4 is 5.73 Å². The summed E-state index contributed by atoms with van der Waals surface area (Å²) >= 11 is 2.02. The van der Waals surface area contributed by atoms with Gasteiger partial charge in [0.05, 0.1) is 12.1 Å². The van der Waals surface area contributed by atoms with E-state index in [2.05, 4.69) is 28.9 Å². The monoisotopic (exact) mass is 270 g/mol. The van der Waals surface area contributed by atoms with Gasteiger partial charge in [-0.25, -0.2) is 0 Å². The van der Waals surface area contributed by atoms with Gasteiger partial charge < -0.3 is 10.3 Å². The molecule has 1 saturated heterocycles. The van der Waals surface area contributed by atoms with Gasteiger partial charge in [-0.15, -0.1) is 0 Å². The van der Waals surface area contributed by atoms with E-state index < -0.39 is 5.54 Å². The van der Waals surface area contributed by atoms with Gasteiger partial charge in [0.15, 0.2) is 5.82 Å². The van der Waals surface area contributed by atoms with Crippen molar-refractivity contribution in [3.63, 3.8) is 0 Å². The molecule has 0 amide bonds. The third kappa shape index (κ3) is 3.46. The Morgan fingerprint density at radius 1 is 1.50 bits per heavy atom. The Balaban J connectivity index is 1.99. The second-order valence-corrected chi connectivity index (χ2v) is 7.85. The molecule has 2 heterocycles. The number of nitrogens with zero attached hydrogens (tertiary/aromatic N) is 3. The van der Waals surface area contributed by atoms with E-state index in [0.29, 0.717) is 23.0 Å². The summed E-state index contributed by atoms with van der Waals surface area (Å²) in [5, 5.41) is 3.95. The van der Waals surface area contributed by atoms with E-state index in [4.69, 9.17) is 10.3 Å². The van der Waals surface area contributed by atoms with Gasteiger partial charge in [0.2, 0.25) is 5.89 Å². The van der Waals surface area contributed by atoms with E-state index in [-0.39, 0.29) is 0 Å². The van der Waals surface area contributed by atoms with Crippen LogP contribution in [0.25, 0.3) is 0 Å². The van der Waals surface area contributed by atoms with Crippen molar-refractivity contribution in [3.8, 4) is 0 Å². The molecule has 0 atom stereocenters. The Labute approximate surface area is 112 Å². The maximum atomic E-state index is 5.94. The Hall–Kier alpha value is -0.590. The molecule has 2 rings (SSSR count). The smallest absolute Gasteiger partial charge is 0.240 e. The molecule has 0 aliphatic carbocycles. The van der Waals surface area contributed by atoms with Gasteiger partial charge in [-0.1, -0.05) is 5.16 Å². The predicted molar refractivity (Wildman–Crippen MR) is 73.3 cm³/mol. The SMILES string of the molecule is CC1(C)CN(Cc2nc(C(C)(C)N)no2)CCS1. The molecule has 1 fully saturated rings. The molecule has 0 saturated carbocycles. The van der Waals surface area contributed by atoms with Crippen molar-refractivity contribution in [1.82, 2.24) is 15.0 Å². The zero-order valence-electron chi connectivity index (χ0n) is 11.6. The van der Waals surface area contributed by atoms with Crippen LogP contribution in [-0.2, 0) is 12.1 Å². The maximum absolute atomic E-state index is 5.94. The molecular formula is C12H22N4OS. The van der Waals surface area contributed by atoms with Crippen LogP contribution in [-0.4, -0.2) is 38.6 Å². The highest BCUT2D eigenvalue weighted by Gasteiger charge is 2.28. The molecule has 102 valence electrons.